The van der Waals surface area contributed by atoms with Gasteiger partial charge in [0.1, 0.15) is 23.2 Å². The molecule has 7 nitrogen and oxygen atoms in total. The minimum atomic E-state index is -1.42. The zero-order valence-corrected chi connectivity index (χ0v) is 15.2. The first-order valence-electron chi connectivity index (χ1n) is 7.04. The Balaban J connectivity index is 2.44. The Morgan fingerprint density at radius 3 is 2.64 bits per heavy atom. The molecular weight excluding hydrogens is 364 g/mol. The highest BCUT2D eigenvalue weighted by molar-refractivity contribution is 7.84. The molecule has 1 aromatic carbocycles. The molecule has 2 heterocycles. The molecule has 9 heteroatoms. The second kappa shape index (κ2) is 6.70. The molecule has 1 atom stereocenters. The Labute approximate surface area is 151 Å². The van der Waals surface area contributed by atoms with Gasteiger partial charge in [-0.3, -0.25) is 4.21 Å². The number of nitrogens with one attached hydrogen (secondary N) is 1. The van der Waals surface area contributed by atoms with E-state index in [1.807, 2.05) is 0 Å². The Morgan fingerprint density at radius 2 is 2.04 bits per heavy atom. The van der Waals surface area contributed by atoms with Crippen molar-refractivity contribution in [3.05, 3.63) is 28.9 Å². The highest BCUT2D eigenvalue weighted by atomic mass is 35.5. The zero-order chi connectivity index (χ0) is 18.1. The lowest BCUT2D eigenvalue weighted by atomic mass is 10.1. The van der Waals surface area contributed by atoms with Gasteiger partial charge >= 0.3 is 0 Å². The van der Waals surface area contributed by atoms with Crippen molar-refractivity contribution in [2.45, 2.75) is 5.16 Å². The van der Waals surface area contributed by atoms with Gasteiger partial charge in [0.05, 0.1) is 52.2 Å². The van der Waals surface area contributed by atoms with Gasteiger partial charge < -0.3 is 14.5 Å². The van der Waals surface area contributed by atoms with Crippen LogP contribution in [0, 0.1) is 11.3 Å². The molecule has 0 bridgehead atoms. The number of fused-ring (bicyclic) bond motifs is 1. The van der Waals surface area contributed by atoms with Crippen molar-refractivity contribution < 1.29 is 13.7 Å². The standard InChI is InChI=1S/C16H13ClN4O3S/c1-23-9-4-10(17)13(11(5-9)24-2)14-12-8(6-18)7-19-15(12)21-16(20-14)25(3)22/h4-5,7H,1-3H3,(H,19,20,21). The zero-order valence-electron chi connectivity index (χ0n) is 13.6. The number of H-pyrrole nitrogens is 1. The van der Waals surface area contributed by atoms with Gasteiger partial charge in [-0.1, -0.05) is 11.6 Å². The van der Waals surface area contributed by atoms with Crippen LogP contribution in [-0.2, 0) is 10.8 Å². The van der Waals surface area contributed by atoms with E-state index >= 15 is 0 Å². The molecular formula is C16H13ClN4O3S. The summed E-state index contributed by atoms with van der Waals surface area (Å²) in [6, 6.07) is 5.38. The van der Waals surface area contributed by atoms with Gasteiger partial charge in [0.2, 0.25) is 5.16 Å². The molecule has 0 saturated heterocycles. The third kappa shape index (κ3) is 2.92. The Hall–Kier alpha value is -2.63. The molecule has 0 aliphatic carbocycles. The first-order chi connectivity index (χ1) is 12.0. The second-order valence-corrected chi connectivity index (χ2v) is 6.71. The van der Waals surface area contributed by atoms with Crippen molar-refractivity contribution >= 4 is 33.4 Å². The summed E-state index contributed by atoms with van der Waals surface area (Å²) in [6.45, 7) is 0. The summed E-state index contributed by atoms with van der Waals surface area (Å²) in [6.07, 6.45) is 3.00. The van der Waals surface area contributed by atoms with E-state index in [0.717, 1.165) is 0 Å². The molecule has 0 amide bonds. The lowest BCUT2D eigenvalue weighted by Crippen LogP contribution is -2.02. The average molecular weight is 377 g/mol. The van der Waals surface area contributed by atoms with E-state index in [1.54, 1.807) is 12.1 Å². The van der Waals surface area contributed by atoms with Crippen LogP contribution in [0.5, 0.6) is 11.5 Å². The van der Waals surface area contributed by atoms with Crippen molar-refractivity contribution in [3.63, 3.8) is 0 Å². The number of benzene rings is 1. The summed E-state index contributed by atoms with van der Waals surface area (Å²) in [7, 11) is 1.60. The average Bonchev–Trinajstić information content (AvgIpc) is 3.03. The van der Waals surface area contributed by atoms with Gasteiger partial charge in [-0.05, 0) is 6.07 Å². The number of hydrogen-bond donors (Lipinski definition) is 1. The summed E-state index contributed by atoms with van der Waals surface area (Å²) in [5, 5.41) is 10.3. The number of nitriles is 1. The Morgan fingerprint density at radius 1 is 1.28 bits per heavy atom. The molecule has 25 heavy (non-hydrogen) atoms. The van der Waals surface area contributed by atoms with Crippen molar-refractivity contribution in [1.29, 1.82) is 5.26 Å². The van der Waals surface area contributed by atoms with Crippen LogP contribution in [0.3, 0.4) is 0 Å². The van der Waals surface area contributed by atoms with Crippen LogP contribution in [-0.4, -0.2) is 39.6 Å². The van der Waals surface area contributed by atoms with E-state index in [4.69, 9.17) is 21.1 Å². The van der Waals surface area contributed by atoms with Crippen LogP contribution < -0.4 is 9.47 Å². The molecule has 2 aromatic heterocycles. The number of ether oxygens (including phenoxy) is 2. The fraction of sp³-hybridized carbons (Fsp3) is 0.188. The SMILES string of the molecule is COc1cc(Cl)c(-c2nc(S(C)=O)nc3[nH]cc(C#N)c23)c(OC)c1. The monoisotopic (exact) mass is 376 g/mol. The van der Waals surface area contributed by atoms with Crippen LogP contribution >= 0.6 is 11.6 Å². The number of rotatable bonds is 4. The van der Waals surface area contributed by atoms with E-state index in [2.05, 4.69) is 21.0 Å². The first kappa shape index (κ1) is 17.2. The van der Waals surface area contributed by atoms with Crippen molar-refractivity contribution in [2.75, 3.05) is 20.5 Å². The molecule has 128 valence electrons. The van der Waals surface area contributed by atoms with Gasteiger partial charge in [0.15, 0.2) is 0 Å². The van der Waals surface area contributed by atoms with Gasteiger partial charge in [0, 0.05) is 18.5 Å². The normalized spacial score (nSPS) is 12.0. The van der Waals surface area contributed by atoms with Crippen LogP contribution in [0.15, 0.2) is 23.5 Å². The van der Waals surface area contributed by atoms with Gasteiger partial charge in [-0.2, -0.15) is 5.26 Å². The lowest BCUT2D eigenvalue weighted by Gasteiger charge is -2.13. The topological polar surface area (TPSA) is 101 Å². The van der Waals surface area contributed by atoms with Crippen molar-refractivity contribution in [3.8, 4) is 28.8 Å². The summed E-state index contributed by atoms with van der Waals surface area (Å²) >= 11 is 6.43. The van der Waals surface area contributed by atoms with Crippen LogP contribution in [0.4, 0.5) is 0 Å². The summed E-state index contributed by atoms with van der Waals surface area (Å²) in [5.41, 5.74) is 1.60. The predicted molar refractivity (Wildman–Crippen MR) is 94.5 cm³/mol. The van der Waals surface area contributed by atoms with Crippen LogP contribution in [0.1, 0.15) is 5.56 Å². The fourth-order valence-corrected chi connectivity index (χ4v) is 3.21. The Bertz CT molecular complexity index is 1040. The van der Waals surface area contributed by atoms with E-state index in [0.29, 0.717) is 44.4 Å². The largest absolute Gasteiger partial charge is 0.497 e. The maximum Gasteiger partial charge on any atom is 0.220 e. The maximum absolute atomic E-state index is 11.9. The van der Waals surface area contributed by atoms with E-state index in [1.165, 1.54) is 26.7 Å². The van der Waals surface area contributed by atoms with Crippen LogP contribution in [0.25, 0.3) is 22.3 Å². The highest BCUT2D eigenvalue weighted by Crippen LogP contribution is 2.42. The highest BCUT2D eigenvalue weighted by Gasteiger charge is 2.22. The summed E-state index contributed by atoms with van der Waals surface area (Å²) < 4.78 is 22.5. The molecule has 0 aliphatic rings. The van der Waals surface area contributed by atoms with Gasteiger partial charge in [0.25, 0.3) is 0 Å². The molecule has 3 aromatic rings. The van der Waals surface area contributed by atoms with Crippen LogP contribution in [0.2, 0.25) is 5.02 Å². The number of nitrogens with zero attached hydrogens (tertiary/aromatic N) is 3. The molecule has 0 spiro atoms. The Kier molecular flexibility index (Phi) is 4.61. The smallest absolute Gasteiger partial charge is 0.220 e. The third-order valence-corrected chi connectivity index (χ3v) is 4.60. The van der Waals surface area contributed by atoms with Crippen molar-refractivity contribution in [1.82, 2.24) is 15.0 Å². The van der Waals surface area contributed by atoms with Crippen molar-refractivity contribution in [2.24, 2.45) is 0 Å². The number of methoxy groups -OCH3 is 2. The van der Waals surface area contributed by atoms with E-state index in [9.17, 15) is 9.47 Å². The minimum absolute atomic E-state index is 0.128. The maximum atomic E-state index is 11.9. The molecule has 1 unspecified atom stereocenters. The fourth-order valence-electron chi connectivity index (χ4n) is 2.48. The lowest BCUT2D eigenvalue weighted by molar-refractivity contribution is 0.395. The first-order valence-corrected chi connectivity index (χ1v) is 8.98. The molecule has 0 radical (unpaired) electrons. The molecule has 0 saturated carbocycles. The molecule has 3 rings (SSSR count). The van der Waals surface area contributed by atoms with Gasteiger partial charge in [-0.25, -0.2) is 9.97 Å². The van der Waals surface area contributed by atoms with E-state index in [-0.39, 0.29) is 5.16 Å². The predicted octanol–water partition coefficient (Wildman–Crippen LogP) is 2.90. The molecule has 0 fully saturated rings. The number of aromatic nitrogens is 3. The van der Waals surface area contributed by atoms with Gasteiger partial charge in [-0.15, -0.1) is 0 Å². The quantitative estimate of drug-likeness (QED) is 0.702. The molecule has 1 N–H and O–H groups in total. The second-order valence-electron chi connectivity index (χ2n) is 5.03. The summed E-state index contributed by atoms with van der Waals surface area (Å²) in [4.78, 5) is 11.5. The summed E-state index contributed by atoms with van der Waals surface area (Å²) in [5.74, 6) is 0.937. The third-order valence-electron chi connectivity index (χ3n) is 3.61. The number of hydrogen-bond acceptors (Lipinski definition) is 6. The number of aromatic amines is 1. The minimum Gasteiger partial charge on any atom is -0.497 e. The van der Waals surface area contributed by atoms with E-state index < -0.39 is 10.8 Å². The molecule has 0 aliphatic heterocycles. The number of halogens is 1.